The summed E-state index contributed by atoms with van der Waals surface area (Å²) >= 11 is 0. The Morgan fingerprint density at radius 2 is 1.79 bits per heavy atom. The fourth-order valence-electron chi connectivity index (χ4n) is 4.81. The zero-order valence-electron chi connectivity index (χ0n) is 16.8. The van der Waals surface area contributed by atoms with E-state index in [1.165, 1.54) is 23.1 Å². The molecule has 4 rings (SSSR count). The third kappa shape index (κ3) is 4.31. The van der Waals surface area contributed by atoms with Gasteiger partial charge in [-0.25, -0.2) is 4.39 Å². The SMILES string of the molecule is CC[C@H](C(=O)Nc1ccc(F)cc1)C1CCC(c2ccnc3ccccc23)CC1. The van der Waals surface area contributed by atoms with E-state index in [2.05, 4.69) is 41.5 Å². The van der Waals surface area contributed by atoms with E-state index < -0.39 is 0 Å². The van der Waals surface area contributed by atoms with Crippen molar-refractivity contribution in [3.63, 3.8) is 0 Å². The Hall–Kier alpha value is -2.75. The molecule has 1 fully saturated rings. The number of hydrogen-bond acceptors (Lipinski definition) is 2. The van der Waals surface area contributed by atoms with Crippen LogP contribution in [0.4, 0.5) is 10.1 Å². The minimum absolute atomic E-state index is 0.00446. The van der Waals surface area contributed by atoms with Gasteiger partial charge in [-0.3, -0.25) is 9.78 Å². The second-order valence-corrected chi connectivity index (χ2v) is 8.04. The number of nitrogens with one attached hydrogen (secondary N) is 1. The number of amides is 1. The van der Waals surface area contributed by atoms with E-state index in [9.17, 15) is 9.18 Å². The third-order valence-electron chi connectivity index (χ3n) is 6.35. The second kappa shape index (κ2) is 8.73. The summed E-state index contributed by atoms with van der Waals surface area (Å²) in [6, 6.07) is 16.5. The largest absolute Gasteiger partial charge is 0.326 e. The van der Waals surface area contributed by atoms with E-state index >= 15 is 0 Å². The van der Waals surface area contributed by atoms with Gasteiger partial charge < -0.3 is 5.32 Å². The number of rotatable bonds is 5. The first-order chi connectivity index (χ1) is 14.2. The van der Waals surface area contributed by atoms with E-state index in [1.807, 2.05) is 12.3 Å². The number of pyridine rings is 1. The van der Waals surface area contributed by atoms with Gasteiger partial charge in [-0.15, -0.1) is 0 Å². The lowest BCUT2D eigenvalue weighted by Gasteiger charge is -2.33. The number of para-hydroxylation sites is 1. The van der Waals surface area contributed by atoms with Crippen molar-refractivity contribution in [2.75, 3.05) is 5.32 Å². The van der Waals surface area contributed by atoms with E-state index in [0.29, 0.717) is 17.5 Å². The van der Waals surface area contributed by atoms with Crippen molar-refractivity contribution in [2.45, 2.75) is 44.9 Å². The minimum Gasteiger partial charge on any atom is -0.326 e. The van der Waals surface area contributed by atoms with Gasteiger partial charge in [0.1, 0.15) is 5.82 Å². The maximum absolute atomic E-state index is 13.1. The molecule has 1 atom stereocenters. The summed E-state index contributed by atoms with van der Waals surface area (Å²) in [5.74, 6) is 0.672. The van der Waals surface area contributed by atoms with Crippen LogP contribution in [0.5, 0.6) is 0 Å². The number of carbonyl (C=O) groups is 1. The number of anilines is 1. The standard InChI is InChI=1S/C25H27FN2O/c1-2-21(25(29)28-20-13-11-19(26)12-14-20)17-7-9-18(10-8-17)22-15-16-27-24-6-4-3-5-23(22)24/h3-6,11-18,21H,2,7-10H2,1H3,(H,28,29)/t17?,18?,21-/m0/s1. The predicted molar refractivity (Wildman–Crippen MR) is 115 cm³/mol. The highest BCUT2D eigenvalue weighted by molar-refractivity contribution is 5.92. The highest BCUT2D eigenvalue weighted by atomic mass is 19.1. The number of fused-ring (bicyclic) bond motifs is 1. The average Bonchev–Trinajstić information content (AvgIpc) is 2.76. The van der Waals surface area contributed by atoms with Crippen LogP contribution in [0.1, 0.15) is 50.5 Å². The number of carbonyl (C=O) groups excluding carboxylic acids is 1. The van der Waals surface area contributed by atoms with Gasteiger partial charge in [0.25, 0.3) is 0 Å². The van der Waals surface area contributed by atoms with Crippen LogP contribution in [0.25, 0.3) is 10.9 Å². The average molecular weight is 391 g/mol. The topological polar surface area (TPSA) is 42.0 Å². The van der Waals surface area contributed by atoms with E-state index in [-0.39, 0.29) is 17.6 Å². The summed E-state index contributed by atoms with van der Waals surface area (Å²) in [7, 11) is 0. The van der Waals surface area contributed by atoms with Crippen molar-refractivity contribution < 1.29 is 9.18 Å². The quantitative estimate of drug-likeness (QED) is 0.554. The molecule has 2 aromatic carbocycles. The predicted octanol–water partition coefficient (Wildman–Crippen LogP) is 6.31. The van der Waals surface area contributed by atoms with Crippen LogP contribution in [0.2, 0.25) is 0 Å². The maximum Gasteiger partial charge on any atom is 0.227 e. The van der Waals surface area contributed by atoms with Gasteiger partial charge in [0, 0.05) is 23.2 Å². The fourth-order valence-corrected chi connectivity index (χ4v) is 4.81. The molecule has 0 bridgehead atoms. The molecule has 1 aromatic heterocycles. The molecule has 1 heterocycles. The van der Waals surface area contributed by atoms with Gasteiger partial charge in [-0.2, -0.15) is 0 Å². The second-order valence-electron chi connectivity index (χ2n) is 8.04. The Bertz CT molecular complexity index is 972. The van der Waals surface area contributed by atoms with Crippen molar-refractivity contribution in [1.29, 1.82) is 0 Å². The van der Waals surface area contributed by atoms with E-state index in [1.54, 1.807) is 12.1 Å². The van der Waals surface area contributed by atoms with Crippen molar-refractivity contribution in [1.82, 2.24) is 4.98 Å². The molecular formula is C25H27FN2O. The Kier molecular flexibility index (Phi) is 5.89. The molecule has 1 saturated carbocycles. The Labute approximate surface area is 171 Å². The Morgan fingerprint density at radius 3 is 2.52 bits per heavy atom. The third-order valence-corrected chi connectivity index (χ3v) is 6.35. The summed E-state index contributed by atoms with van der Waals surface area (Å²) in [5.41, 5.74) is 3.10. The van der Waals surface area contributed by atoms with Crippen LogP contribution >= 0.6 is 0 Å². The molecule has 0 aliphatic heterocycles. The summed E-state index contributed by atoms with van der Waals surface area (Å²) < 4.78 is 13.1. The van der Waals surface area contributed by atoms with Gasteiger partial charge in [0.2, 0.25) is 5.91 Å². The van der Waals surface area contributed by atoms with Crippen LogP contribution in [-0.4, -0.2) is 10.9 Å². The molecule has 0 radical (unpaired) electrons. The number of nitrogens with zero attached hydrogens (tertiary/aromatic N) is 1. The normalized spacial score (nSPS) is 20.3. The molecule has 0 unspecified atom stereocenters. The molecule has 1 aliphatic rings. The minimum atomic E-state index is -0.294. The molecule has 29 heavy (non-hydrogen) atoms. The molecule has 4 heteroatoms. The van der Waals surface area contributed by atoms with Crippen molar-refractivity contribution in [3.8, 4) is 0 Å². The molecule has 0 spiro atoms. The van der Waals surface area contributed by atoms with Gasteiger partial charge in [-0.1, -0.05) is 25.1 Å². The molecule has 1 amide bonds. The summed E-state index contributed by atoms with van der Waals surface area (Å²) in [4.78, 5) is 17.3. The first-order valence-electron chi connectivity index (χ1n) is 10.6. The molecule has 1 N–H and O–H groups in total. The highest BCUT2D eigenvalue weighted by Gasteiger charge is 2.32. The summed E-state index contributed by atoms with van der Waals surface area (Å²) in [5, 5.41) is 4.22. The van der Waals surface area contributed by atoms with Crippen LogP contribution < -0.4 is 5.32 Å². The molecule has 150 valence electrons. The zero-order chi connectivity index (χ0) is 20.2. The number of aromatic nitrogens is 1. The fraction of sp³-hybridized carbons (Fsp3) is 0.360. The zero-order valence-corrected chi connectivity index (χ0v) is 16.8. The maximum atomic E-state index is 13.1. The lowest BCUT2D eigenvalue weighted by molar-refractivity contribution is -0.122. The monoisotopic (exact) mass is 390 g/mol. The lowest BCUT2D eigenvalue weighted by Crippen LogP contribution is -2.31. The first kappa shape index (κ1) is 19.6. The summed E-state index contributed by atoms with van der Waals surface area (Å²) in [6.07, 6.45) is 7.03. The lowest BCUT2D eigenvalue weighted by atomic mass is 9.72. The molecule has 3 aromatic rings. The number of benzene rings is 2. The van der Waals surface area contributed by atoms with E-state index in [0.717, 1.165) is 37.6 Å². The van der Waals surface area contributed by atoms with Crippen molar-refractivity contribution >= 4 is 22.5 Å². The Balaban J connectivity index is 1.42. The highest BCUT2D eigenvalue weighted by Crippen LogP contribution is 2.41. The van der Waals surface area contributed by atoms with Crippen LogP contribution in [0, 0.1) is 17.7 Å². The van der Waals surface area contributed by atoms with Crippen molar-refractivity contribution in [3.05, 3.63) is 72.2 Å². The molecule has 3 nitrogen and oxygen atoms in total. The van der Waals surface area contributed by atoms with Gasteiger partial charge in [0.05, 0.1) is 5.52 Å². The smallest absolute Gasteiger partial charge is 0.227 e. The Morgan fingerprint density at radius 1 is 1.07 bits per heavy atom. The first-order valence-corrected chi connectivity index (χ1v) is 10.6. The molecular weight excluding hydrogens is 363 g/mol. The number of hydrogen-bond donors (Lipinski definition) is 1. The van der Waals surface area contributed by atoms with Gasteiger partial charge in [-0.05, 0) is 85.9 Å². The number of halogens is 1. The van der Waals surface area contributed by atoms with Gasteiger partial charge >= 0.3 is 0 Å². The summed E-state index contributed by atoms with van der Waals surface area (Å²) in [6.45, 7) is 2.08. The van der Waals surface area contributed by atoms with Crippen molar-refractivity contribution in [2.24, 2.45) is 11.8 Å². The molecule has 1 aliphatic carbocycles. The van der Waals surface area contributed by atoms with Crippen LogP contribution in [-0.2, 0) is 4.79 Å². The van der Waals surface area contributed by atoms with Gasteiger partial charge in [0.15, 0.2) is 0 Å². The van der Waals surface area contributed by atoms with E-state index in [4.69, 9.17) is 0 Å². The molecule has 0 saturated heterocycles. The van der Waals surface area contributed by atoms with Crippen LogP contribution in [0.3, 0.4) is 0 Å². The van der Waals surface area contributed by atoms with Crippen LogP contribution in [0.15, 0.2) is 60.8 Å².